The minimum atomic E-state index is -0.00986. The number of ether oxygens (including phenoxy) is 1. The van der Waals surface area contributed by atoms with E-state index < -0.39 is 0 Å². The van der Waals surface area contributed by atoms with E-state index in [1.807, 2.05) is 36.1 Å². The van der Waals surface area contributed by atoms with Gasteiger partial charge in [-0.2, -0.15) is 0 Å². The van der Waals surface area contributed by atoms with E-state index in [0.717, 1.165) is 40.4 Å². The average molecular weight is 395 g/mol. The third-order valence-electron chi connectivity index (χ3n) is 5.21. The number of anilines is 1. The number of hydrogen-bond acceptors (Lipinski definition) is 4. The first kappa shape index (κ1) is 19.1. The molecule has 28 heavy (non-hydrogen) atoms. The van der Waals surface area contributed by atoms with Crippen molar-refractivity contribution >= 4 is 32.6 Å². The number of hydrogen-bond donors (Lipinski definition) is 0. The Morgan fingerprint density at radius 2 is 2.11 bits per heavy atom. The predicted molar refractivity (Wildman–Crippen MR) is 116 cm³/mol. The zero-order chi connectivity index (χ0) is 19.7. The van der Waals surface area contributed by atoms with E-state index in [-0.39, 0.29) is 12.0 Å². The van der Waals surface area contributed by atoms with Gasteiger partial charge in [0.05, 0.1) is 22.9 Å². The van der Waals surface area contributed by atoms with Gasteiger partial charge in [0, 0.05) is 12.2 Å². The molecule has 1 saturated heterocycles. The lowest BCUT2D eigenvalue weighted by Crippen LogP contribution is -2.37. The number of rotatable bonds is 5. The van der Waals surface area contributed by atoms with Crippen LogP contribution in [0.5, 0.6) is 0 Å². The topological polar surface area (TPSA) is 42.4 Å². The number of amides is 1. The van der Waals surface area contributed by atoms with E-state index in [4.69, 9.17) is 9.72 Å². The number of aromatic nitrogens is 1. The van der Waals surface area contributed by atoms with Crippen molar-refractivity contribution in [2.24, 2.45) is 0 Å². The fourth-order valence-corrected chi connectivity index (χ4v) is 4.72. The van der Waals surface area contributed by atoms with Crippen molar-refractivity contribution in [3.05, 3.63) is 59.2 Å². The van der Waals surface area contributed by atoms with Gasteiger partial charge in [0.25, 0.3) is 5.91 Å². The molecule has 2 aromatic carbocycles. The molecule has 0 aliphatic carbocycles. The molecule has 1 aromatic heterocycles. The van der Waals surface area contributed by atoms with Crippen LogP contribution in [0.3, 0.4) is 0 Å². The van der Waals surface area contributed by atoms with Crippen LogP contribution < -0.4 is 4.90 Å². The fraction of sp³-hybridized carbons (Fsp3) is 0.391. The maximum Gasteiger partial charge on any atom is 0.260 e. The van der Waals surface area contributed by atoms with Gasteiger partial charge < -0.3 is 4.74 Å². The molecule has 1 atom stereocenters. The summed E-state index contributed by atoms with van der Waals surface area (Å²) in [5.41, 5.74) is 4.00. The highest BCUT2D eigenvalue weighted by molar-refractivity contribution is 7.22. The van der Waals surface area contributed by atoms with Crippen molar-refractivity contribution in [3.63, 3.8) is 0 Å². The van der Waals surface area contributed by atoms with Gasteiger partial charge in [0.1, 0.15) is 0 Å². The van der Waals surface area contributed by atoms with E-state index >= 15 is 0 Å². The van der Waals surface area contributed by atoms with Crippen LogP contribution in [0.15, 0.2) is 42.5 Å². The summed E-state index contributed by atoms with van der Waals surface area (Å²) in [6.07, 6.45) is 2.11. The summed E-state index contributed by atoms with van der Waals surface area (Å²) in [4.78, 5) is 20.2. The molecule has 1 aliphatic heterocycles. The highest BCUT2D eigenvalue weighted by Crippen LogP contribution is 2.34. The van der Waals surface area contributed by atoms with Gasteiger partial charge in [0.2, 0.25) is 0 Å². The van der Waals surface area contributed by atoms with Gasteiger partial charge in [-0.3, -0.25) is 9.69 Å². The molecule has 1 aliphatic rings. The van der Waals surface area contributed by atoms with E-state index in [9.17, 15) is 4.79 Å². The monoisotopic (exact) mass is 394 g/mol. The highest BCUT2D eigenvalue weighted by atomic mass is 32.1. The molecule has 4 nitrogen and oxygen atoms in total. The standard InChI is InChI=1S/C23H26N2O2S/c1-15(2)19-10-5-11-20-21(19)24-23(28-20)25(14-18-9-6-12-27-18)22(26)17-8-4-7-16(3)13-17/h4-5,7-8,10-11,13,15,18H,6,9,12,14H2,1-3H3. The van der Waals surface area contributed by atoms with Gasteiger partial charge in [-0.1, -0.05) is 55.0 Å². The molecule has 0 saturated carbocycles. The smallest absolute Gasteiger partial charge is 0.260 e. The molecule has 146 valence electrons. The van der Waals surface area contributed by atoms with E-state index in [2.05, 4.69) is 32.0 Å². The molecule has 3 aromatic rings. The van der Waals surface area contributed by atoms with Crippen LogP contribution in [0.1, 0.15) is 54.1 Å². The molecule has 5 heteroatoms. The summed E-state index contributed by atoms with van der Waals surface area (Å²) in [6, 6.07) is 14.1. The first-order valence-corrected chi connectivity index (χ1v) is 10.7. The van der Waals surface area contributed by atoms with Gasteiger partial charge in [-0.15, -0.1) is 0 Å². The Morgan fingerprint density at radius 1 is 1.29 bits per heavy atom. The first-order chi connectivity index (χ1) is 13.5. The van der Waals surface area contributed by atoms with Gasteiger partial charge in [-0.25, -0.2) is 4.98 Å². The van der Waals surface area contributed by atoms with Gasteiger partial charge in [0.15, 0.2) is 5.13 Å². The minimum absolute atomic E-state index is 0.00986. The Labute approximate surface area is 170 Å². The van der Waals surface area contributed by atoms with Crippen LogP contribution in [-0.4, -0.2) is 30.1 Å². The number of fused-ring (bicyclic) bond motifs is 1. The second kappa shape index (κ2) is 8.02. The number of carbonyl (C=O) groups excluding carboxylic acids is 1. The van der Waals surface area contributed by atoms with E-state index in [1.165, 1.54) is 5.56 Å². The third kappa shape index (κ3) is 3.82. The predicted octanol–water partition coefficient (Wildman–Crippen LogP) is 5.55. The van der Waals surface area contributed by atoms with Crippen molar-refractivity contribution < 1.29 is 9.53 Å². The summed E-state index contributed by atoms with van der Waals surface area (Å²) >= 11 is 1.59. The van der Waals surface area contributed by atoms with Crippen LogP contribution in [0.25, 0.3) is 10.2 Å². The SMILES string of the molecule is Cc1cccc(C(=O)N(CC2CCCO2)c2nc3c(C(C)C)cccc3s2)c1. The Hall–Kier alpha value is -2.24. The molecular formula is C23H26N2O2S. The summed E-state index contributed by atoms with van der Waals surface area (Å²) < 4.78 is 6.95. The van der Waals surface area contributed by atoms with Crippen molar-refractivity contribution in [1.29, 1.82) is 0 Å². The zero-order valence-electron chi connectivity index (χ0n) is 16.6. The Bertz CT molecular complexity index is 989. The normalized spacial score (nSPS) is 16.8. The number of nitrogens with zero attached hydrogens (tertiary/aromatic N) is 2. The van der Waals surface area contributed by atoms with Crippen molar-refractivity contribution in [2.75, 3.05) is 18.1 Å². The lowest BCUT2D eigenvalue weighted by molar-refractivity contribution is 0.0917. The molecule has 1 unspecified atom stereocenters. The van der Waals surface area contributed by atoms with Crippen LogP contribution in [-0.2, 0) is 4.74 Å². The second-order valence-corrected chi connectivity index (χ2v) is 8.77. The largest absolute Gasteiger partial charge is 0.376 e. The zero-order valence-corrected chi connectivity index (χ0v) is 17.5. The lowest BCUT2D eigenvalue weighted by Gasteiger charge is -2.23. The van der Waals surface area contributed by atoms with E-state index in [1.54, 1.807) is 11.3 Å². The van der Waals surface area contributed by atoms with Crippen molar-refractivity contribution in [1.82, 2.24) is 4.98 Å². The van der Waals surface area contributed by atoms with Crippen LogP contribution in [0.4, 0.5) is 5.13 Å². The molecular weight excluding hydrogens is 368 g/mol. The maximum atomic E-state index is 13.4. The molecule has 0 bridgehead atoms. The first-order valence-electron chi connectivity index (χ1n) is 9.92. The Kier molecular flexibility index (Phi) is 5.47. The molecule has 0 N–H and O–H groups in total. The minimum Gasteiger partial charge on any atom is -0.376 e. The lowest BCUT2D eigenvalue weighted by atomic mass is 10.0. The molecule has 1 fully saturated rings. The number of para-hydroxylation sites is 1. The average Bonchev–Trinajstić information content (AvgIpc) is 3.34. The van der Waals surface area contributed by atoms with Crippen LogP contribution in [0, 0.1) is 6.92 Å². The third-order valence-corrected chi connectivity index (χ3v) is 6.26. The number of thiazole rings is 1. The number of benzene rings is 2. The van der Waals surface area contributed by atoms with Crippen LogP contribution in [0.2, 0.25) is 0 Å². The van der Waals surface area contributed by atoms with E-state index in [0.29, 0.717) is 18.0 Å². The molecule has 1 amide bonds. The summed E-state index contributed by atoms with van der Waals surface area (Å²) in [7, 11) is 0. The summed E-state index contributed by atoms with van der Waals surface area (Å²) in [5.74, 6) is 0.377. The molecule has 0 radical (unpaired) electrons. The van der Waals surface area contributed by atoms with Gasteiger partial charge >= 0.3 is 0 Å². The quantitative estimate of drug-likeness (QED) is 0.569. The van der Waals surface area contributed by atoms with Crippen molar-refractivity contribution in [3.8, 4) is 0 Å². The Morgan fingerprint density at radius 3 is 2.82 bits per heavy atom. The Balaban J connectivity index is 1.75. The summed E-state index contributed by atoms with van der Waals surface area (Å²) in [6.45, 7) is 7.68. The molecule has 0 spiro atoms. The fourth-order valence-electron chi connectivity index (χ4n) is 3.71. The molecule has 4 rings (SSSR count). The van der Waals surface area contributed by atoms with Crippen molar-refractivity contribution in [2.45, 2.75) is 45.6 Å². The highest BCUT2D eigenvalue weighted by Gasteiger charge is 2.27. The summed E-state index contributed by atoms with van der Waals surface area (Å²) in [5, 5.41) is 0.755. The number of carbonyl (C=O) groups is 1. The van der Waals surface area contributed by atoms with Crippen LogP contribution >= 0.6 is 11.3 Å². The maximum absolute atomic E-state index is 13.4. The second-order valence-electron chi connectivity index (χ2n) is 7.77. The molecule has 2 heterocycles. The van der Waals surface area contributed by atoms with Gasteiger partial charge in [-0.05, 0) is 49.4 Å². The number of aryl methyl sites for hydroxylation is 1.